The zero-order chi connectivity index (χ0) is 9.80. The van der Waals surface area contributed by atoms with Gasteiger partial charge >= 0.3 is 0 Å². The highest BCUT2D eigenvalue weighted by Crippen LogP contribution is 2.09. The van der Waals surface area contributed by atoms with E-state index in [0.29, 0.717) is 0 Å². The highest BCUT2D eigenvalue weighted by atomic mass is 32.1. The molecule has 4 nitrogen and oxygen atoms in total. The van der Waals surface area contributed by atoms with E-state index < -0.39 is 0 Å². The minimum absolute atomic E-state index is 0.814. The Morgan fingerprint density at radius 3 is 3.21 bits per heavy atom. The summed E-state index contributed by atoms with van der Waals surface area (Å²) in [4.78, 5) is 5.27. The van der Waals surface area contributed by atoms with Crippen LogP contribution in [0, 0.1) is 0 Å². The van der Waals surface area contributed by atoms with Gasteiger partial charge in [0, 0.05) is 23.8 Å². The smallest absolute Gasteiger partial charge is 0.0794 e. The molecule has 2 heterocycles. The number of hydrogen-bond donors (Lipinski definition) is 1. The van der Waals surface area contributed by atoms with Crippen molar-refractivity contribution in [3.8, 4) is 0 Å². The van der Waals surface area contributed by atoms with Crippen LogP contribution in [-0.2, 0) is 13.1 Å². The molecule has 0 saturated heterocycles. The van der Waals surface area contributed by atoms with E-state index in [9.17, 15) is 0 Å². The van der Waals surface area contributed by atoms with Gasteiger partial charge in [-0.1, -0.05) is 0 Å². The van der Waals surface area contributed by atoms with Crippen LogP contribution in [0.15, 0.2) is 24.0 Å². The van der Waals surface area contributed by atoms with Crippen LogP contribution < -0.4 is 5.32 Å². The molecule has 0 spiro atoms. The first-order chi connectivity index (χ1) is 6.90. The van der Waals surface area contributed by atoms with Crippen molar-refractivity contribution in [3.63, 3.8) is 0 Å². The van der Waals surface area contributed by atoms with Gasteiger partial charge in [0.1, 0.15) is 0 Å². The average Bonchev–Trinajstić information content (AvgIpc) is 2.80. The maximum atomic E-state index is 4.27. The summed E-state index contributed by atoms with van der Waals surface area (Å²) in [5.74, 6) is 0. The van der Waals surface area contributed by atoms with E-state index in [-0.39, 0.29) is 0 Å². The lowest BCUT2D eigenvalue weighted by molar-refractivity contribution is 0.627. The second-order valence-corrected chi connectivity index (χ2v) is 3.95. The van der Waals surface area contributed by atoms with Crippen molar-refractivity contribution in [1.82, 2.24) is 20.1 Å². The predicted molar refractivity (Wildman–Crippen MR) is 56.2 cm³/mol. The van der Waals surface area contributed by atoms with Crippen LogP contribution in [0.1, 0.15) is 10.6 Å². The molecular weight excluding hydrogens is 196 g/mol. The van der Waals surface area contributed by atoms with Crippen LogP contribution in [0.3, 0.4) is 0 Å². The molecule has 2 aromatic rings. The fraction of sp³-hybridized carbons (Fsp3) is 0.333. The third-order valence-electron chi connectivity index (χ3n) is 1.95. The lowest BCUT2D eigenvalue weighted by Crippen LogP contribution is -2.12. The molecule has 0 aliphatic carbocycles. The molecule has 0 amide bonds. The molecule has 14 heavy (non-hydrogen) atoms. The van der Waals surface area contributed by atoms with E-state index >= 15 is 0 Å². The van der Waals surface area contributed by atoms with Crippen molar-refractivity contribution < 1.29 is 0 Å². The summed E-state index contributed by atoms with van der Waals surface area (Å²) in [5.41, 5.74) is 3.04. The lowest BCUT2D eigenvalue weighted by atomic mass is 10.4. The Balaban J connectivity index is 2.12. The van der Waals surface area contributed by atoms with Gasteiger partial charge in [-0.05, 0) is 13.1 Å². The Bertz CT molecular complexity index is 379. The normalized spacial score (nSPS) is 10.6. The van der Waals surface area contributed by atoms with Crippen molar-refractivity contribution >= 4 is 11.3 Å². The maximum Gasteiger partial charge on any atom is 0.0794 e. The summed E-state index contributed by atoms with van der Waals surface area (Å²) in [6.45, 7) is 1.66. The molecule has 0 aromatic carbocycles. The Hall–Kier alpha value is -1.20. The van der Waals surface area contributed by atoms with Crippen LogP contribution in [0.2, 0.25) is 0 Å². The van der Waals surface area contributed by atoms with Crippen molar-refractivity contribution in [2.24, 2.45) is 0 Å². The second-order valence-electron chi connectivity index (χ2n) is 2.98. The molecule has 74 valence electrons. The predicted octanol–water partition coefficient (Wildman–Crippen LogP) is 1.11. The van der Waals surface area contributed by atoms with Crippen LogP contribution in [-0.4, -0.2) is 21.8 Å². The minimum Gasteiger partial charge on any atom is -0.314 e. The minimum atomic E-state index is 0.814. The molecule has 0 bridgehead atoms. The molecule has 0 atom stereocenters. The molecule has 0 radical (unpaired) electrons. The fourth-order valence-electron chi connectivity index (χ4n) is 1.30. The zero-order valence-electron chi connectivity index (χ0n) is 7.97. The Labute approximate surface area is 86.6 Å². The maximum absolute atomic E-state index is 4.27. The van der Waals surface area contributed by atoms with E-state index in [1.165, 1.54) is 10.6 Å². The van der Waals surface area contributed by atoms with Gasteiger partial charge in [-0.25, -0.2) is 0 Å². The van der Waals surface area contributed by atoms with Gasteiger partial charge in [-0.2, -0.15) is 5.10 Å². The van der Waals surface area contributed by atoms with Crippen molar-refractivity contribution in [2.75, 3.05) is 7.05 Å². The van der Waals surface area contributed by atoms with Gasteiger partial charge in [0.25, 0.3) is 0 Å². The summed E-state index contributed by atoms with van der Waals surface area (Å²) in [6, 6.07) is 2.03. The first-order valence-electron chi connectivity index (χ1n) is 4.43. The molecule has 2 rings (SSSR count). The number of hydrogen-bond acceptors (Lipinski definition) is 4. The highest BCUT2D eigenvalue weighted by molar-refractivity contribution is 7.09. The largest absolute Gasteiger partial charge is 0.314 e. The molecule has 0 fully saturated rings. The summed E-state index contributed by atoms with van der Waals surface area (Å²) < 4.78 is 1.99. The van der Waals surface area contributed by atoms with E-state index in [4.69, 9.17) is 0 Å². The van der Waals surface area contributed by atoms with E-state index in [1.807, 2.05) is 35.7 Å². The van der Waals surface area contributed by atoms with Gasteiger partial charge in [-0.15, -0.1) is 11.3 Å². The zero-order valence-corrected chi connectivity index (χ0v) is 8.79. The van der Waals surface area contributed by atoms with Gasteiger partial charge in [0.15, 0.2) is 0 Å². The monoisotopic (exact) mass is 208 g/mol. The van der Waals surface area contributed by atoms with Crippen LogP contribution >= 0.6 is 11.3 Å². The summed E-state index contributed by atoms with van der Waals surface area (Å²) in [5, 5.41) is 7.38. The molecule has 1 N–H and O–H groups in total. The van der Waals surface area contributed by atoms with Crippen molar-refractivity contribution in [2.45, 2.75) is 13.1 Å². The van der Waals surface area contributed by atoms with Gasteiger partial charge < -0.3 is 5.32 Å². The molecule has 0 unspecified atom stereocenters. The van der Waals surface area contributed by atoms with Crippen LogP contribution in [0.5, 0.6) is 0 Å². The van der Waals surface area contributed by atoms with E-state index in [2.05, 4.69) is 15.4 Å². The number of thiazole rings is 1. The molecular formula is C9H12N4S. The first-order valence-corrected chi connectivity index (χ1v) is 5.31. The van der Waals surface area contributed by atoms with Crippen LogP contribution in [0.25, 0.3) is 0 Å². The standard InChI is InChI=1S/C9H12N4S/c1-10-4-8-2-3-12-13(8)6-9-5-11-7-14-9/h2-3,5,7,10H,4,6H2,1H3. The molecule has 5 heteroatoms. The Kier molecular flexibility index (Phi) is 2.90. The fourth-order valence-corrected chi connectivity index (χ4v) is 1.88. The van der Waals surface area contributed by atoms with Crippen molar-refractivity contribution in [1.29, 1.82) is 0 Å². The summed E-state index contributed by atoms with van der Waals surface area (Å²) in [7, 11) is 1.93. The average molecular weight is 208 g/mol. The number of nitrogens with one attached hydrogen (secondary N) is 1. The van der Waals surface area contributed by atoms with E-state index in [1.54, 1.807) is 11.3 Å². The number of aromatic nitrogens is 3. The summed E-state index contributed by atoms with van der Waals surface area (Å²) in [6.07, 6.45) is 3.71. The lowest BCUT2D eigenvalue weighted by Gasteiger charge is -2.04. The quantitative estimate of drug-likeness (QED) is 0.818. The van der Waals surface area contributed by atoms with Gasteiger partial charge in [0.05, 0.1) is 17.7 Å². The number of rotatable bonds is 4. The third kappa shape index (κ3) is 2.00. The number of nitrogens with zero attached hydrogens (tertiary/aromatic N) is 3. The third-order valence-corrected chi connectivity index (χ3v) is 2.72. The summed E-state index contributed by atoms with van der Waals surface area (Å²) >= 11 is 1.66. The molecule has 0 aliphatic rings. The van der Waals surface area contributed by atoms with Gasteiger partial charge in [0.2, 0.25) is 0 Å². The first kappa shape index (κ1) is 9.36. The Morgan fingerprint density at radius 2 is 2.50 bits per heavy atom. The highest BCUT2D eigenvalue weighted by Gasteiger charge is 2.02. The van der Waals surface area contributed by atoms with Gasteiger partial charge in [-0.3, -0.25) is 9.67 Å². The molecule has 0 saturated carbocycles. The SMILES string of the molecule is CNCc1ccnn1Cc1cncs1. The topological polar surface area (TPSA) is 42.7 Å². The van der Waals surface area contributed by atoms with E-state index in [0.717, 1.165) is 13.1 Å². The molecule has 0 aliphatic heterocycles. The second kappa shape index (κ2) is 4.34. The van der Waals surface area contributed by atoms with Crippen molar-refractivity contribution in [3.05, 3.63) is 34.5 Å². The Morgan fingerprint density at radius 1 is 1.57 bits per heavy atom. The van der Waals surface area contributed by atoms with Crippen LogP contribution in [0.4, 0.5) is 0 Å². The molecule has 2 aromatic heterocycles.